The van der Waals surface area contributed by atoms with E-state index in [0.717, 1.165) is 0 Å². The molecule has 9 heteroatoms. The fourth-order valence-electron chi connectivity index (χ4n) is 3.63. The molecular weight excluding hydrogens is 472 g/mol. The van der Waals surface area contributed by atoms with Crippen molar-refractivity contribution < 1.29 is 24.2 Å². The molecule has 0 saturated carbocycles. The third kappa shape index (κ3) is 6.94. The Balaban J connectivity index is 1.90. The number of nitrogen functional groups attached to an aromatic ring is 1. The van der Waals surface area contributed by atoms with E-state index in [1.54, 1.807) is 88.5 Å². The molecular formula is C28H30N4O5. The molecule has 0 heterocycles. The predicted molar refractivity (Wildman–Crippen MR) is 142 cm³/mol. The lowest BCUT2D eigenvalue weighted by Crippen LogP contribution is -2.33. The van der Waals surface area contributed by atoms with Crippen molar-refractivity contribution in [1.29, 1.82) is 5.41 Å². The Morgan fingerprint density at radius 1 is 0.973 bits per heavy atom. The van der Waals surface area contributed by atoms with Crippen molar-refractivity contribution >= 4 is 29.5 Å². The number of carboxylic acid groups (broad SMARTS) is 1. The second kappa shape index (κ2) is 10.9. The third-order valence-electron chi connectivity index (χ3n) is 5.35. The number of hydrogen-bond donors (Lipinski definition) is 4. The number of nitrogens with two attached hydrogens (primary N) is 1. The molecule has 0 bridgehead atoms. The maximum atomic E-state index is 13.1. The van der Waals surface area contributed by atoms with Crippen LogP contribution in [0.15, 0.2) is 66.7 Å². The normalized spacial score (nSPS) is 10.9. The predicted octanol–water partition coefficient (Wildman–Crippen LogP) is 4.96. The number of hydrogen-bond acceptors (Lipinski definition) is 5. The molecule has 0 radical (unpaired) electrons. The van der Waals surface area contributed by atoms with Gasteiger partial charge in [-0.3, -0.25) is 10.2 Å². The molecule has 0 aliphatic rings. The third-order valence-corrected chi connectivity index (χ3v) is 5.35. The van der Waals surface area contributed by atoms with E-state index in [1.807, 2.05) is 0 Å². The molecule has 3 aromatic carbocycles. The summed E-state index contributed by atoms with van der Waals surface area (Å²) >= 11 is 0. The van der Waals surface area contributed by atoms with Crippen molar-refractivity contribution in [3.05, 3.63) is 89.0 Å². The molecule has 3 rings (SSSR count). The van der Waals surface area contributed by atoms with E-state index in [9.17, 15) is 19.5 Å². The van der Waals surface area contributed by atoms with Gasteiger partial charge >= 0.3 is 12.1 Å². The quantitative estimate of drug-likeness (QED) is 0.265. The summed E-state index contributed by atoms with van der Waals surface area (Å²) in [4.78, 5) is 39.0. The second-order valence-electron chi connectivity index (χ2n) is 9.51. The van der Waals surface area contributed by atoms with Crippen LogP contribution in [0.3, 0.4) is 0 Å². The van der Waals surface area contributed by atoms with Gasteiger partial charge < -0.3 is 25.8 Å². The van der Waals surface area contributed by atoms with Crippen molar-refractivity contribution in [3.63, 3.8) is 0 Å². The van der Waals surface area contributed by atoms with Gasteiger partial charge in [-0.2, -0.15) is 0 Å². The summed E-state index contributed by atoms with van der Waals surface area (Å²) in [6.45, 7) is 5.45. The molecule has 0 saturated heterocycles. The zero-order valence-corrected chi connectivity index (χ0v) is 21.2. The number of amides is 2. The molecule has 0 unspecified atom stereocenters. The summed E-state index contributed by atoms with van der Waals surface area (Å²) in [5.41, 5.74) is 7.57. The number of amidine groups is 1. The molecule has 3 aromatic rings. The minimum Gasteiger partial charge on any atom is -0.478 e. The van der Waals surface area contributed by atoms with Crippen LogP contribution in [0.25, 0.3) is 11.1 Å². The maximum absolute atomic E-state index is 13.1. The van der Waals surface area contributed by atoms with Gasteiger partial charge in [0.15, 0.2) is 0 Å². The number of carbonyl (C=O) groups excluding carboxylic acids is 2. The van der Waals surface area contributed by atoms with Crippen LogP contribution in [0.1, 0.15) is 52.6 Å². The molecule has 192 valence electrons. The maximum Gasteiger partial charge on any atom is 0.410 e. The molecule has 0 aliphatic heterocycles. The molecule has 2 amide bonds. The number of ether oxygens (including phenoxy) is 1. The smallest absolute Gasteiger partial charge is 0.410 e. The highest BCUT2D eigenvalue weighted by molar-refractivity contribution is 6.10. The summed E-state index contributed by atoms with van der Waals surface area (Å²) in [6.07, 6.45) is -0.521. The topological polar surface area (TPSA) is 146 Å². The number of nitrogens with one attached hydrogen (secondary N) is 2. The summed E-state index contributed by atoms with van der Waals surface area (Å²) in [7, 11) is 1.57. The van der Waals surface area contributed by atoms with Gasteiger partial charge in [0.1, 0.15) is 11.4 Å². The second-order valence-corrected chi connectivity index (χ2v) is 9.51. The first-order valence-electron chi connectivity index (χ1n) is 11.5. The van der Waals surface area contributed by atoms with E-state index in [1.165, 1.54) is 11.0 Å². The molecule has 0 fully saturated rings. The van der Waals surface area contributed by atoms with Gasteiger partial charge in [-0.1, -0.05) is 30.3 Å². The Morgan fingerprint density at radius 2 is 1.59 bits per heavy atom. The van der Waals surface area contributed by atoms with E-state index in [-0.39, 0.29) is 17.9 Å². The lowest BCUT2D eigenvalue weighted by Gasteiger charge is -2.25. The van der Waals surface area contributed by atoms with Crippen molar-refractivity contribution in [3.8, 4) is 11.1 Å². The molecule has 9 nitrogen and oxygen atoms in total. The van der Waals surface area contributed by atoms with Crippen LogP contribution in [-0.4, -0.2) is 46.5 Å². The first-order valence-corrected chi connectivity index (χ1v) is 11.5. The van der Waals surface area contributed by atoms with Crippen LogP contribution < -0.4 is 11.1 Å². The summed E-state index contributed by atoms with van der Waals surface area (Å²) < 4.78 is 5.36. The molecule has 5 N–H and O–H groups in total. The molecule has 0 aliphatic carbocycles. The first-order chi connectivity index (χ1) is 17.4. The fraction of sp³-hybridized carbons (Fsp3) is 0.214. The minimum atomic E-state index is -1.16. The van der Waals surface area contributed by atoms with Gasteiger partial charge in [-0.15, -0.1) is 0 Å². The van der Waals surface area contributed by atoms with Gasteiger partial charge in [-0.25, -0.2) is 9.59 Å². The van der Waals surface area contributed by atoms with E-state index < -0.39 is 23.6 Å². The monoisotopic (exact) mass is 502 g/mol. The SMILES string of the molecule is CN(Cc1ccc(-c2ccccc2C(=O)Nc2ccc(C(=N)N)cc2)c(C(=O)O)c1)C(=O)OC(C)(C)C. The van der Waals surface area contributed by atoms with Crippen molar-refractivity contribution in [2.75, 3.05) is 12.4 Å². The number of aromatic carboxylic acids is 1. The molecule has 0 aromatic heterocycles. The molecule has 0 atom stereocenters. The fourth-order valence-corrected chi connectivity index (χ4v) is 3.63. The van der Waals surface area contributed by atoms with Crippen LogP contribution in [0.4, 0.5) is 10.5 Å². The van der Waals surface area contributed by atoms with Crippen LogP contribution in [-0.2, 0) is 11.3 Å². The lowest BCUT2D eigenvalue weighted by molar-refractivity contribution is 0.0285. The van der Waals surface area contributed by atoms with Crippen LogP contribution in [0.5, 0.6) is 0 Å². The molecule has 0 spiro atoms. The zero-order chi connectivity index (χ0) is 27.3. The van der Waals surface area contributed by atoms with Gasteiger partial charge in [-0.05, 0) is 73.9 Å². The first kappa shape index (κ1) is 26.9. The Hall–Kier alpha value is -4.66. The lowest BCUT2D eigenvalue weighted by atomic mass is 9.93. The van der Waals surface area contributed by atoms with Gasteiger partial charge in [0.2, 0.25) is 0 Å². The van der Waals surface area contributed by atoms with E-state index in [0.29, 0.717) is 33.5 Å². The van der Waals surface area contributed by atoms with Gasteiger partial charge in [0, 0.05) is 30.4 Å². The van der Waals surface area contributed by atoms with Crippen LogP contribution >= 0.6 is 0 Å². The van der Waals surface area contributed by atoms with Crippen LogP contribution in [0, 0.1) is 5.41 Å². The van der Waals surface area contributed by atoms with E-state index >= 15 is 0 Å². The van der Waals surface area contributed by atoms with Crippen molar-refractivity contribution in [1.82, 2.24) is 4.90 Å². The summed E-state index contributed by atoms with van der Waals surface area (Å²) in [6, 6.07) is 18.1. The van der Waals surface area contributed by atoms with E-state index in [2.05, 4.69) is 5.32 Å². The average molecular weight is 503 g/mol. The summed E-state index contributed by atoms with van der Waals surface area (Å²) in [5.74, 6) is -1.66. The Morgan fingerprint density at radius 3 is 2.19 bits per heavy atom. The van der Waals surface area contributed by atoms with Gasteiger partial charge in [0.05, 0.1) is 5.56 Å². The average Bonchev–Trinajstić information content (AvgIpc) is 2.83. The highest BCUT2D eigenvalue weighted by Gasteiger charge is 2.22. The zero-order valence-electron chi connectivity index (χ0n) is 21.2. The Labute approximate surface area is 215 Å². The number of carboxylic acids is 1. The number of carbonyl (C=O) groups is 3. The number of nitrogens with zero attached hydrogens (tertiary/aromatic N) is 1. The minimum absolute atomic E-state index is 0.00106. The van der Waals surface area contributed by atoms with Crippen molar-refractivity contribution in [2.24, 2.45) is 5.73 Å². The number of benzene rings is 3. The largest absolute Gasteiger partial charge is 0.478 e. The Bertz CT molecular complexity index is 1340. The highest BCUT2D eigenvalue weighted by atomic mass is 16.6. The molecule has 37 heavy (non-hydrogen) atoms. The number of rotatable bonds is 7. The summed E-state index contributed by atoms with van der Waals surface area (Å²) in [5, 5.41) is 20.2. The van der Waals surface area contributed by atoms with Crippen molar-refractivity contribution in [2.45, 2.75) is 32.9 Å². The van der Waals surface area contributed by atoms with Gasteiger partial charge in [0.25, 0.3) is 5.91 Å². The Kier molecular flexibility index (Phi) is 7.97. The van der Waals surface area contributed by atoms with E-state index in [4.69, 9.17) is 15.9 Å². The highest BCUT2D eigenvalue weighted by Crippen LogP contribution is 2.29. The van der Waals surface area contributed by atoms with Crippen LogP contribution in [0.2, 0.25) is 0 Å². The standard InChI is InChI=1S/C28H30N4O5/c1-28(2,3)37-27(36)32(4)16-17-9-14-21(23(15-17)26(34)35)20-7-5-6-8-22(20)25(33)31-19-12-10-18(11-13-19)24(29)30/h5-15H,16H2,1-4H3,(H3,29,30)(H,31,33)(H,34,35). The number of anilines is 1.